The molecule has 0 heterocycles. The van der Waals surface area contributed by atoms with Crippen LogP contribution in [0.3, 0.4) is 0 Å². The maximum absolute atomic E-state index is 14.1. The maximum atomic E-state index is 14.1. The highest BCUT2D eigenvalue weighted by molar-refractivity contribution is 5.79. The number of rotatable bonds is 40. The van der Waals surface area contributed by atoms with Crippen molar-refractivity contribution in [1.82, 2.24) is 0 Å². The van der Waals surface area contributed by atoms with Crippen molar-refractivity contribution < 1.29 is 48.4 Å². The minimum absolute atomic E-state index is 0.0140. The van der Waals surface area contributed by atoms with Gasteiger partial charge in [0.1, 0.15) is 12.2 Å². The van der Waals surface area contributed by atoms with Crippen LogP contribution in [0.1, 0.15) is 228 Å². The molecule has 0 aliphatic carbocycles. The number of aliphatic hydroxyl groups excluding tert-OH is 1. The molecule has 0 saturated heterocycles. The lowest BCUT2D eigenvalue weighted by atomic mass is 9.71. The van der Waals surface area contributed by atoms with E-state index in [9.17, 15) is 34.2 Å². The third kappa shape index (κ3) is 28.5. The number of carbonyl (C=O) groups excluding carboxylic acids is 4. The Morgan fingerprint density at radius 1 is 0.661 bits per heavy atom. The molecule has 346 valence electrons. The van der Waals surface area contributed by atoms with Crippen molar-refractivity contribution in [3.05, 3.63) is 0 Å². The zero-order chi connectivity index (χ0) is 44.5. The molecule has 0 radical (unpaired) electrons. The maximum Gasteiger partial charge on any atom is 0.309 e. The number of unbranched alkanes of at least 4 members (excludes halogenated alkanes) is 11. The molecular weight excluding hydrogens is 751 g/mol. The summed E-state index contributed by atoms with van der Waals surface area (Å²) < 4.78 is 17.7. The minimum Gasteiger partial charge on any atom is -0.481 e. The molecule has 0 aliphatic rings. The molecule has 0 aromatic rings. The molecule has 11 heteroatoms. The van der Waals surface area contributed by atoms with Crippen molar-refractivity contribution in [3.8, 4) is 0 Å². The van der Waals surface area contributed by atoms with Crippen molar-refractivity contribution in [2.75, 3.05) is 6.61 Å². The summed E-state index contributed by atoms with van der Waals surface area (Å²) in [6.07, 6.45) is 19.3. The predicted molar refractivity (Wildman–Crippen MR) is 235 cm³/mol. The number of carboxylic acids is 1. The third-order valence-electron chi connectivity index (χ3n) is 12.0. The van der Waals surface area contributed by atoms with Gasteiger partial charge in [0.05, 0.1) is 24.0 Å². The van der Waals surface area contributed by atoms with E-state index in [0.29, 0.717) is 38.5 Å². The van der Waals surface area contributed by atoms with Crippen LogP contribution in [-0.2, 0) is 38.2 Å². The van der Waals surface area contributed by atoms with Crippen LogP contribution in [0.15, 0.2) is 0 Å². The van der Waals surface area contributed by atoms with Crippen LogP contribution >= 0.6 is 0 Å². The van der Waals surface area contributed by atoms with E-state index in [-0.39, 0.29) is 44.3 Å². The van der Waals surface area contributed by atoms with Crippen LogP contribution in [0.5, 0.6) is 0 Å². The highest BCUT2D eigenvalue weighted by Crippen LogP contribution is 2.39. The van der Waals surface area contributed by atoms with Gasteiger partial charge in [0.15, 0.2) is 0 Å². The summed E-state index contributed by atoms with van der Waals surface area (Å²) in [7, 11) is 0. The highest BCUT2D eigenvalue weighted by Gasteiger charge is 2.41. The molecule has 0 saturated carbocycles. The van der Waals surface area contributed by atoms with Crippen LogP contribution in [0.2, 0.25) is 0 Å². The van der Waals surface area contributed by atoms with Gasteiger partial charge in [-0.25, -0.2) is 0 Å². The summed E-state index contributed by atoms with van der Waals surface area (Å²) in [5.74, 6) is -4.61. The second kappa shape index (κ2) is 35.0. The molecule has 0 fully saturated rings. The average Bonchev–Trinajstić information content (AvgIpc) is 3.17. The zero-order valence-electron chi connectivity index (χ0n) is 38.7. The fraction of sp³-hybridized carbons (Fsp3) is 0.896. The third-order valence-corrected chi connectivity index (χ3v) is 12.0. The normalized spacial score (nSPS) is 15.6. The van der Waals surface area contributed by atoms with Gasteiger partial charge in [-0.05, 0) is 76.5 Å². The number of primary amides is 1. The molecule has 11 nitrogen and oxygen atoms in total. The number of amides is 1. The van der Waals surface area contributed by atoms with Crippen LogP contribution in [0.25, 0.3) is 0 Å². The van der Waals surface area contributed by atoms with Crippen LogP contribution in [-0.4, -0.2) is 64.9 Å². The molecule has 0 spiro atoms. The first-order valence-corrected chi connectivity index (χ1v) is 23.9. The number of hydrogen-bond donors (Lipinski definition) is 3. The predicted octanol–water partition coefficient (Wildman–Crippen LogP) is 11.2. The van der Waals surface area contributed by atoms with Gasteiger partial charge in [-0.15, -0.1) is 0 Å². The van der Waals surface area contributed by atoms with Crippen molar-refractivity contribution >= 4 is 29.8 Å². The van der Waals surface area contributed by atoms with Crippen LogP contribution in [0.4, 0.5) is 0 Å². The Kier molecular flexibility index (Phi) is 33.4. The second-order valence-electron chi connectivity index (χ2n) is 17.7. The molecule has 0 aliphatic heterocycles. The van der Waals surface area contributed by atoms with Crippen LogP contribution < -0.4 is 5.73 Å². The van der Waals surface area contributed by atoms with E-state index >= 15 is 0 Å². The highest BCUT2D eigenvalue weighted by atomic mass is 16.6. The zero-order valence-corrected chi connectivity index (χ0v) is 38.7. The lowest BCUT2D eigenvalue weighted by Gasteiger charge is -2.33. The molecule has 1 amide bonds. The fourth-order valence-electron chi connectivity index (χ4n) is 8.22. The molecular formula is C48H89NO10. The number of hydrogen-bond acceptors (Lipinski definition) is 9. The average molecular weight is 840 g/mol. The first-order chi connectivity index (χ1) is 28.2. The summed E-state index contributed by atoms with van der Waals surface area (Å²) in [4.78, 5) is 65.2. The van der Waals surface area contributed by atoms with Crippen molar-refractivity contribution in [1.29, 1.82) is 0 Å². The Bertz CT molecular complexity index is 1130. The molecule has 0 bridgehead atoms. The number of nitrogens with two attached hydrogens (primary N) is 1. The largest absolute Gasteiger partial charge is 0.481 e. The van der Waals surface area contributed by atoms with Gasteiger partial charge in [0, 0.05) is 26.2 Å². The van der Waals surface area contributed by atoms with Crippen LogP contribution in [0, 0.1) is 23.2 Å². The van der Waals surface area contributed by atoms with E-state index in [0.717, 1.165) is 89.9 Å². The van der Waals surface area contributed by atoms with Gasteiger partial charge in [0.25, 0.3) is 0 Å². The Morgan fingerprint density at radius 3 is 1.80 bits per heavy atom. The van der Waals surface area contributed by atoms with E-state index in [1.165, 1.54) is 32.6 Å². The Balaban J connectivity index is 6.28. The Hall–Kier alpha value is -2.69. The molecule has 0 aromatic heterocycles. The van der Waals surface area contributed by atoms with Gasteiger partial charge >= 0.3 is 23.9 Å². The number of ether oxygens (including phenoxy) is 3. The van der Waals surface area contributed by atoms with Crippen molar-refractivity contribution in [2.45, 2.75) is 247 Å². The molecule has 7 atom stereocenters. The SMILES string of the molecule is CCCCCCCCCC[C@](C)(C[C@H](CC(N)=O)C(CCC(=O)OC(CCCCCC(O)CCC)CC(CCCC)OC(C)=O)C(=O)OCC(CC)CCCC)C(=O)O. The topological polar surface area (TPSA) is 180 Å². The number of aliphatic carboxylic acids is 1. The number of esters is 3. The summed E-state index contributed by atoms with van der Waals surface area (Å²) in [6, 6.07) is 0. The van der Waals surface area contributed by atoms with Gasteiger partial charge in [0.2, 0.25) is 5.91 Å². The van der Waals surface area contributed by atoms with E-state index in [2.05, 4.69) is 27.7 Å². The van der Waals surface area contributed by atoms with E-state index in [1.54, 1.807) is 6.92 Å². The van der Waals surface area contributed by atoms with Crippen molar-refractivity contribution in [2.24, 2.45) is 28.9 Å². The number of carbonyl (C=O) groups is 5. The summed E-state index contributed by atoms with van der Waals surface area (Å²) in [5, 5.41) is 20.7. The van der Waals surface area contributed by atoms with E-state index in [1.807, 2.05) is 6.92 Å². The van der Waals surface area contributed by atoms with E-state index in [4.69, 9.17) is 19.9 Å². The fourth-order valence-corrected chi connectivity index (χ4v) is 8.22. The smallest absolute Gasteiger partial charge is 0.309 e. The van der Waals surface area contributed by atoms with Gasteiger partial charge in [-0.1, -0.05) is 137 Å². The first-order valence-electron chi connectivity index (χ1n) is 23.9. The second-order valence-corrected chi connectivity index (χ2v) is 17.7. The van der Waals surface area contributed by atoms with E-state index < -0.39 is 59.2 Å². The van der Waals surface area contributed by atoms with Gasteiger partial charge in [-0.2, -0.15) is 0 Å². The standard InChI is InChI=1S/C48H89NO10/c1-8-13-16-17-18-19-20-24-32-48(7,47(55)56)35-39(33-44(49)52)43(46(54)57-36-38(12-5)26-14-9-2)30-31-45(53)59-42(29-23-21-22-27-40(51)25-11-4)34-41(28-15-10-3)58-37(6)50/h38-43,51H,8-36H2,1-7H3,(H2,49,52)(H,55,56)/t38?,39-,40?,41?,42?,43?,48+/m0/s1. The Morgan fingerprint density at radius 2 is 1.22 bits per heavy atom. The summed E-state index contributed by atoms with van der Waals surface area (Å²) in [5.41, 5.74) is 4.56. The number of carboxylic acid groups (broad SMARTS) is 1. The first kappa shape index (κ1) is 56.3. The van der Waals surface area contributed by atoms with Gasteiger partial charge in [-0.3, -0.25) is 24.0 Å². The lowest BCUT2D eigenvalue weighted by molar-refractivity contribution is -0.159. The van der Waals surface area contributed by atoms with Crippen molar-refractivity contribution in [3.63, 3.8) is 0 Å². The Labute approximate surface area is 359 Å². The molecule has 4 N–H and O–H groups in total. The molecule has 0 aromatic carbocycles. The summed E-state index contributed by atoms with van der Waals surface area (Å²) in [6.45, 7) is 13.7. The monoisotopic (exact) mass is 840 g/mol. The summed E-state index contributed by atoms with van der Waals surface area (Å²) >= 11 is 0. The molecule has 59 heavy (non-hydrogen) atoms. The minimum atomic E-state index is -1.21. The molecule has 0 rings (SSSR count). The lowest BCUT2D eigenvalue weighted by Crippen LogP contribution is -2.37. The number of aliphatic hydroxyl groups is 1. The van der Waals surface area contributed by atoms with Gasteiger partial charge < -0.3 is 30.2 Å². The molecule has 5 unspecified atom stereocenters. The quantitative estimate of drug-likeness (QED) is 0.0305.